The Hall–Kier alpha value is -2.39. The zero-order valence-electron chi connectivity index (χ0n) is 17.6. The molecule has 0 radical (unpaired) electrons. The van der Waals surface area contributed by atoms with Gasteiger partial charge in [0.25, 0.3) is 0 Å². The van der Waals surface area contributed by atoms with Gasteiger partial charge >= 0.3 is 0 Å². The third-order valence-corrected chi connectivity index (χ3v) is 5.80. The summed E-state index contributed by atoms with van der Waals surface area (Å²) in [6, 6.07) is 7.46. The molecule has 0 aliphatic heterocycles. The second-order valence-corrected chi connectivity index (χ2v) is 8.50. The lowest BCUT2D eigenvalue weighted by atomic mass is 10.1. The largest absolute Gasteiger partial charge is 0.361 e. The lowest BCUT2D eigenvalue weighted by Crippen LogP contribution is -2.37. The number of aryl methyl sites for hydroxylation is 2. The molecule has 0 saturated heterocycles. The molecule has 0 aliphatic rings. The first-order valence-electron chi connectivity index (χ1n) is 9.89. The van der Waals surface area contributed by atoms with E-state index in [-0.39, 0.29) is 5.75 Å². The zero-order valence-corrected chi connectivity index (χ0v) is 18.4. The Morgan fingerprint density at radius 1 is 1.14 bits per heavy atom. The molecule has 0 atom stereocenters. The molecule has 8 nitrogen and oxygen atoms in total. The quantitative estimate of drug-likeness (QED) is 0.400. The minimum Gasteiger partial charge on any atom is -0.361 e. The molecule has 160 valence electrons. The van der Waals surface area contributed by atoms with Gasteiger partial charge in [0.1, 0.15) is 5.76 Å². The van der Waals surface area contributed by atoms with Gasteiger partial charge in [0.05, 0.1) is 18.0 Å². The average Bonchev–Trinajstić information content (AvgIpc) is 3.12. The molecule has 3 N–H and O–H groups in total. The minimum atomic E-state index is -3.30. The molecule has 0 unspecified atom stereocenters. The lowest BCUT2D eigenvalue weighted by molar-refractivity contribution is 0.380. The highest BCUT2D eigenvalue weighted by Crippen LogP contribution is 2.15. The van der Waals surface area contributed by atoms with Gasteiger partial charge in [0, 0.05) is 25.1 Å². The van der Waals surface area contributed by atoms with Crippen molar-refractivity contribution in [2.45, 2.75) is 52.5 Å². The van der Waals surface area contributed by atoms with Crippen LogP contribution in [0.4, 0.5) is 0 Å². The van der Waals surface area contributed by atoms with E-state index in [0.29, 0.717) is 19.0 Å². The van der Waals surface area contributed by atoms with Crippen LogP contribution >= 0.6 is 0 Å². The predicted octanol–water partition coefficient (Wildman–Crippen LogP) is 2.10. The smallest absolute Gasteiger partial charge is 0.215 e. The highest BCUT2D eigenvalue weighted by molar-refractivity contribution is 7.88. The van der Waals surface area contributed by atoms with E-state index < -0.39 is 10.0 Å². The van der Waals surface area contributed by atoms with Gasteiger partial charge in [-0.05, 0) is 31.5 Å². The second kappa shape index (κ2) is 11.0. The molecule has 0 aliphatic carbocycles. The summed E-state index contributed by atoms with van der Waals surface area (Å²) in [5.41, 5.74) is 3.72. The average molecular weight is 422 g/mol. The Balaban J connectivity index is 2.09. The molecule has 0 amide bonds. The van der Waals surface area contributed by atoms with Crippen molar-refractivity contribution in [3.05, 3.63) is 52.4 Å². The van der Waals surface area contributed by atoms with Crippen molar-refractivity contribution < 1.29 is 12.9 Å². The molecule has 0 saturated carbocycles. The number of aromatic nitrogens is 1. The lowest BCUT2D eigenvalue weighted by Gasteiger charge is -2.12. The summed E-state index contributed by atoms with van der Waals surface area (Å²) in [7, 11) is -1.88. The van der Waals surface area contributed by atoms with Gasteiger partial charge < -0.3 is 15.2 Å². The van der Waals surface area contributed by atoms with Crippen molar-refractivity contribution in [3.8, 4) is 0 Å². The third kappa shape index (κ3) is 6.86. The van der Waals surface area contributed by atoms with E-state index in [0.717, 1.165) is 47.5 Å². The Kier molecular flexibility index (Phi) is 8.66. The van der Waals surface area contributed by atoms with E-state index in [2.05, 4.69) is 32.4 Å². The fraction of sp³-hybridized carbons (Fsp3) is 0.500. The van der Waals surface area contributed by atoms with Gasteiger partial charge in [-0.3, -0.25) is 0 Å². The van der Waals surface area contributed by atoms with Crippen LogP contribution in [0.3, 0.4) is 0 Å². The number of benzene rings is 1. The zero-order chi connectivity index (χ0) is 21.3. The fourth-order valence-electron chi connectivity index (χ4n) is 2.93. The van der Waals surface area contributed by atoms with E-state index in [4.69, 9.17) is 4.52 Å². The molecule has 1 aromatic carbocycles. The van der Waals surface area contributed by atoms with E-state index in [9.17, 15) is 8.42 Å². The van der Waals surface area contributed by atoms with Gasteiger partial charge in [-0.2, -0.15) is 0 Å². The van der Waals surface area contributed by atoms with Crippen molar-refractivity contribution in [3.63, 3.8) is 0 Å². The van der Waals surface area contributed by atoms with Crippen molar-refractivity contribution >= 4 is 16.0 Å². The summed E-state index contributed by atoms with van der Waals surface area (Å²) < 4.78 is 31.3. The van der Waals surface area contributed by atoms with Crippen LogP contribution in [0, 0.1) is 0 Å². The van der Waals surface area contributed by atoms with Crippen molar-refractivity contribution in [2.24, 2.45) is 4.99 Å². The Bertz CT molecular complexity index is 900. The molecule has 1 heterocycles. The van der Waals surface area contributed by atoms with E-state index in [1.807, 2.05) is 32.0 Å². The third-order valence-electron chi connectivity index (χ3n) is 4.46. The van der Waals surface area contributed by atoms with E-state index in [1.165, 1.54) is 7.05 Å². The molecule has 9 heteroatoms. The molecule has 1 aromatic heterocycles. The number of guanidine groups is 1. The Labute approximate surface area is 173 Å². The maximum Gasteiger partial charge on any atom is 0.215 e. The maximum absolute atomic E-state index is 11.8. The Morgan fingerprint density at radius 2 is 1.90 bits per heavy atom. The van der Waals surface area contributed by atoms with Crippen LogP contribution in [0.5, 0.6) is 0 Å². The molecule has 2 rings (SSSR count). The molecule has 2 aromatic rings. The first kappa shape index (κ1) is 22.9. The number of nitrogens with zero attached hydrogens (tertiary/aromatic N) is 2. The summed E-state index contributed by atoms with van der Waals surface area (Å²) in [4.78, 5) is 4.63. The number of hydrogen-bond acceptors (Lipinski definition) is 5. The maximum atomic E-state index is 11.8. The first-order valence-corrected chi connectivity index (χ1v) is 11.5. The summed E-state index contributed by atoms with van der Waals surface area (Å²) in [6.45, 7) is 7.87. The van der Waals surface area contributed by atoms with Crippen LogP contribution in [-0.4, -0.2) is 33.1 Å². The summed E-state index contributed by atoms with van der Waals surface area (Å²) in [5.74, 6) is 1.53. The number of aliphatic imine (C=N–C) groups is 1. The fourth-order valence-corrected chi connectivity index (χ4v) is 3.69. The van der Waals surface area contributed by atoms with Crippen LogP contribution in [0.15, 0.2) is 33.8 Å². The number of sulfonamides is 1. The minimum absolute atomic E-state index is 0.0492. The molecular weight excluding hydrogens is 390 g/mol. The van der Waals surface area contributed by atoms with Gasteiger partial charge in [0.2, 0.25) is 10.0 Å². The highest BCUT2D eigenvalue weighted by atomic mass is 32.2. The molecule has 0 spiro atoms. The first-order chi connectivity index (χ1) is 13.9. The summed E-state index contributed by atoms with van der Waals surface area (Å²) in [6.07, 6.45) is 1.61. The predicted molar refractivity (Wildman–Crippen MR) is 115 cm³/mol. The van der Waals surface area contributed by atoms with Crippen LogP contribution in [0.25, 0.3) is 0 Å². The molecular formula is C20H31N5O3S. The van der Waals surface area contributed by atoms with Crippen LogP contribution in [0.2, 0.25) is 0 Å². The van der Waals surface area contributed by atoms with Gasteiger partial charge in [-0.1, -0.05) is 43.3 Å². The standard InChI is InChI=1S/C20H31N5O3S/c1-5-18-17(19(6-2)28-25-18)13-24-20(22-7-3)23-12-15-9-8-10-16(11-15)14-29(26,27)21-4/h8-11,21H,5-7,12-14H2,1-4H3,(H2,22,23,24). The second-order valence-electron chi connectivity index (χ2n) is 6.57. The number of hydrogen-bond donors (Lipinski definition) is 3. The van der Waals surface area contributed by atoms with Crippen molar-refractivity contribution in [1.29, 1.82) is 0 Å². The van der Waals surface area contributed by atoms with Crippen LogP contribution in [0.1, 0.15) is 48.9 Å². The number of rotatable bonds is 10. The van der Waals surface area contributed by atoms with Crippen molar-refractivity contribution in [1.82, 2.24) is 20.5 Å². The normalized spacial score (nSPS) is 12.2. The van der Waals surface area contributed by atoms with Crippen LogP contribution in [-0.2, 0) is 41.7 Å². The van der Waals surface area contributed by atoms with Crippen molar-refractivity contribution in [2.75, 3.05) is 13.6 Å². The topological polar surface area (TPSA) is 109 Å². The summed E-state index contributed by atoms with van der Waals surface area (Å²) >= 11 is 0. The highest BCUT2D eigenvalue weighted by Gasteiger charge is 2.13. The molecule has 0 bridgehead atoms. The van der Waals surface area contributed by atoms with E-state index in [1.54, 1.807) is 6.07 Å². The van der Waals surface area contributed by atoms with Gasteiger partial charge in [-0.25, -0.2) is 18.1 Å². The van der Waals surface area contributed by atoms with E-state index >= 15 is 0 Å². The molecule has 0 fully saturated rings. The monoisotopic (exact) mass is 421 g/mol. The Morgan fingerprint density at radius 3 is 2.55 bits per heavy atom. The van der Waals surface area contributed by atoms with Crippen LogP contribution < -0.4 is 15.4 Å². The van der Waals surface area contributed by atoms with Gasteiger partial charge in [-0.15, -0.1) is 0 Å². The summed E-state index contributed by atoms with van der Waals surface area (Å²) in [5, 5.41) is 10.7. The number of nitrogens with one attached hydrogen (secondary N) is 3. The SMILES string of the molecule is CCNC(=NCc1cccc(CS(=O)(=O)NC)c1)NCc1c(CC)noc1CC. The van der Waals surface area contributed by atoms with Gasteiger partial charge in [0.15, 0.2) is 5.96 Å². The molecule has 29 heavy (non-hydrogen) atoms.